The van der Waals surface area contributed by atoms with Crippen molar-refractivity contribution in [3.05, 3.63) is 54.0 Å². The molecule has 0 spiro atoms. The molecule has 0 atom stereocenters. The van der Waals surface area contributed by atoms with Crippen LogP contribution in [0.1, 0.15) is 25.3 Å². The number of ether oxygens (including phenoxy) is 1. The SMILES string of the molecule is CC1CCN(C(N)=NCc2ccc(Oc3cccc(F)c3)nc2)CC1. The lowest BCUT2D eigenvalue weighted by molar-refractivity contribution is 0.277. The molecule has 1 fully saturated rings. The first-order valence-electron chi connectivity index (χ1n) is 8.53. The number of benzene rings is 1. The standard InChI is InChI=1S/C19H23FN4O/c1-14-7-9-24(10-8-14)19(21)23-13-15-5-6-18(22-12-15)25-17-4-2-3-16(20)11-17/h2-6,11-12,14H,7-10,13H2,1H3,(H2,21,23). The molecule has 5 nitrogen and oxygen atoms in total. The fourth-order valence-electron chi connectivity index (χ4n) is 2.73. The number of hydrogen-bond donors (Lipinski definition) is 1. The van der Waals surface area contributed by atoms with E-state index in [-0.39, 0.29) is 5.82 Å². The Morgan fingerprint density at radius 3 is 2.80 bits per heavy atom. The van der Waals surface area contributed by atoms with Crippen molar-refractivity contribution in [3.63, 3.8) is 0 Å². The number of guanidine groups is 1. The van der Waals surface area contributed by atoms with Gasteiger partial charge in [0.25, 0.3) is 0 Å². The highest BCUT2D eigenvalue weighted by Gasteiger charge is 2.16. The Hall–Kier alpha value is -2.63. The molecule has 1 aromatic heterocycles. The minimum Gasteiger partial charge on any atom is -0.439 e. The van der Waals surface area contributed by atoms with Gasteiger partial charge in [-0.1, -0.05) is 19.1 Å². The summed E-state index contributed by atoms with van der Waals surface area (Å²) in [5.41, 5.74) is 7.03. The van der Waals surface area contributed by atoms with Crippen LogP contribution in [0, 0.1) is 11.7 Å². The van der Waals surface area contributed by atoms with Gasteiger partial charge in [0, 0.05) is 31.4 Å². The van der Waals surface area contributed by atoms with Crippen LogP contribution in [0.5, 0.6) is 11.6 Å². The lowest BCUT2D eigenvalue weighted by Gasteiger charge is -2.31. The van der Waals surface area contributed by atoms with Crippen molar-refractivity contribution in [1.29, 1.82) is 0 Å². The molecule has 6 heteroatoms. The molecular weight excluding hydrogens is 319 g/mol. The highest BCUT2D eigenvalue weighted by molar-refractivity contribution is 5.78. The van der Waals surface area contributed by atoms with Crippen LogP contribution < -0.4 is 10.5 Å². The summed E-state index contributed by atoms with van der Waals surface area (Å²) in [5, 5.41) is 0. The van der Waals surface area contributed by atoms with Crippen LogP contribution in [0.15, 0.2) is 47.6 Å². The fourth-order valence-corrected chi connectivity index (χ4v) is 2.73. The second kappa shape index (κ2) is 7.96. The first-order valence-corrected chi connectivity index (χ1v) is 8.53. The molecule has 3 rings (SSSR count). The van der Waals surface area contributed by atoms with Gasteiger partial charge in [0.15, 0.2) is 5.96 Å². The van der Waals surface area contributed by atoms with E-state index < -0.39 is 0 Å². The second-order valence-electron chi connectivity index (χ2n) is 6.41. The highest BCUT2D eigenvalue weighted by atomic mass is 19.1. The van der Waals surface area contributed by atoms with Crippen LogP contribution >= 0.6 is 0 Å². The molecule has 132 valence electrons. The van der Waals surface area contributed by atoms with Gasteiger partial charge in [-0.2, -0.15) is 0 Å². The van der Waals surface area contributed by atoms with Gasteiger partial charge in [-0.3, -0.25) is 0 Å². The third kappa shape index (κ3) is 4.92. The minimum absolute atomic E-state index is 0.342. The zero-order valence-corrected chi connectivity index (χ0v) is 14.4. The van der Waals surface area contributed by atoms with E-state index in [0.29, 0.717) is 24.1 Å². The van der Waals surface area contributed by atoms with Crippen molar-refractivity contribution >= 4 is 5.96 Å². The molecule has 2 heterocycles. The molecule has 1 saturated heterocycles. The van der Waals surface area contributed by atoms with E-state index in [0.717, 1.165) is 37.4 Å². The normalized spacial score (nSPS) is 16.1. The van der Waals surface area contributed by atoms with E-state index in [9.17, 15) is 4.39 Å². The number of nitrogens with zero attached hydrogens (tertiary/aromatic N) is 3. The Morgan fingerprint density at radius 1 is 1.32 bits per heavy atom. The molecule has 25 heavy (non-hydrogen) atoms. The van der Waals surface area contributed by atoms with Crippen molar-refractivity contribution in [2.24, 2.45) is 16.6 Å². The number of nitrogens with two attached hydrogens (primary N) is 1. The maximum atomic E-state index is 13.2. The van der Waals surface area contributed by atoms with Crippen LogP contribution in [-0.2, 0) is 6.54 Å². The van der Waals surface area contributed by atoms with Gasteiger partial charge in [0.05, 0.1) is 6.54 Å². The van der Waals surface area contributed by atoms with Gasteiger partial charge in [-0.15, -0.1) is 0 Å². The number of aliphatic imine (C=N–C) groups is 1. The van der Waals surface area contributed by atoms with Crippen LogP contribution in [0.25, 0.3) is 0 Å². The summed E-state index contributed by atoms with van der Waals surface area (Å²) < 4.78 is 18.7. The average molecular weight is 342 g/mol. The smallest absolute Gasteiger partial charge is 0.219 e. The summed E-state index contributed by atoms with van der Waals surface area (Å²) in [6, 6.07) is 9.60. The summed E-state index contributed by atoms with van der Waals surface area (Å²) in [5.74, 6) is 1.84. The Balaban J connectivity index is 1.56. The maximum absolute atomic E-state index is 13.2. The molecule has 2 N–H and O–H groups in total. The van der Waals surface area contributed by atoms with Crippen molar-refractivity contribution in [1.82, 2.24) is 9.88 Å². The summed E-state index contributed by atoms with van der Waals surface area (Å²) in [6.45, 7) is 4.68. The van der Waals surface area contributed by atoms with Crippen LogP contribution in [0.2, 0.25) is 0 Å². The topological polar surface area (TPSA) is 63.7 Å². The van der Waals surface area contributed by atoms with Gasteiger partial charge in [-0.05, 0) is 36.5 Å². The number of aromatic nitrogens is 1. The Bertz CT molecular complexity index is 724. The first kappa shape index (κ1) is 17.2. The van der Waals surface area contributed by atoms with E-state index >= 15 is 0 Å². The predicted molar refractivity (Wildman–Crippen MR) is 96.0 cm³/mol. The molecule has 0 bridgehead atoms. The number of rotatable bonds is 4. The molecule has 0 amide bonds. The largest absolute Gasteiger partial charge is 0.439 e. The molecule has 0 radical (unpaired) electrons. The highest BCUT2D eigenvalue weighted by Crippen LogP contribution is 2.20. The minimum atomic E-state index is -0.342. The van der Waals surface area contributed by atoms with Gasteiger partial charge in [-0.25, -0.2) is 14.4 Å². The third-order valence-corrected chi connectivity index (χ3v) is 4.35. The van der Waals surface area contributed by atoms with E-state index in [1.54, 1.807) is 24.4 Å². The van der Waals surface area contributed by atoms with E-state index in [4.69, 9.17) is 10.5 Å². The van der Waals surface area contributed by atoms with Gasteiger partial charge in [0.1, 0.15) is 11.6 Å². The number of hydrogen-bond acceptors (Lipinski definition) is 3. The summed E-state index contributed by atoms with van der Waals surface area (Å²) in [6.07, 6.45) is 4.01. The zero-order chi connectivity index (χ0) is 17.6. The number of halogens is 1. The zero-order valence-electron chi connectivity index (χ0n) is 14.4. The van der Waals surface area contributed by atoms with Crippen LogP contribution in [0.3, 0.4) is 0 Å². The number of pyridine rings is 1. The van der Waals surface area contributed by atoms with E-state index in [1.807, 2.05) is 6.07 Å². The monoisotopic (exact) mass is 342 g/mol. The molecule has 1 aliphatic heterocycles. The Morgan fingerprint density at radius 2 is 2.12 bits per heavy atom. The maximum Gasteiger partial charge on any atom is 0.219 e. The second-order valence-corrected chi connectivity index (χ2v) is 6.41. The van der Waals surface area contributed by atoms with E-state index in [2.05, 4.69) is 21.8 Å². The number of piperidine rings is 1. The Labute approximate surface area is 147 Å². The summed E-state index contributed by atoms with van der Waals surface area (Å²) >= 11 is 0. The van der Waals surface area contributed by atoms with Gasteiger partial charge in [0.2, 0.25) is 5.88 Å². The third-order valence-electron chi connectivity index (χ3n) is 4.35. The molecule has 0 aliphatic carbocycles. The van der Waals surface area contributed by atoms with Crippen molar-refractivity contribution < 1.29 is 9.13 Å². The molecule has 1 aromatic carbocycles. The lowest BCUT2D eigenvalue weighted by Crippen LogP contribution is -2.42. The first-order chi connectivity index (χ1) is 12.1. The van der Waals surface area contributed by atoms with Gasteiger partial charge >= 0.3 is 0 Å². The lowest BCUT2D eigenvalue weighted by atomic mass is 10.00. The predicted octanol–water partition coefficient (Wildman–Crippen LogP) is 3.56. The molecular formula is C19H23FN4O. The summed E-state index contributed by atoms with van der Waals surface area (Å²) in [7, 11) is 0. The quantitative estimate of drug-likeness (QED) is 0.682. The average Bonchev–Trinajstić information content (AvgIpc) is 2.61. The van der Waals surface area contributed by atoms with Crippen molar-refractivity contribution in [2.45, 2.75) is 26.3 Å². The van der Waals surface area contributed by atoms with Crippen LogP contribution in [-0.4, -0.2) is 28.9 Å². The molecule has 1 aliphatic rings. The Kier molecular flexibility index (Phi) is 5.48. The van der Waals surface area contributed by atoms with E-state index in [1.165, 1.54) is 12.1 Å². The van der Waals surface area contributed by atoms with Crippen LogP contribution in [0.4, 0.5) is 4.39 Å². The summed E-state index contributed by atoms with van der Waals surface area (Å²) in [4.78, 5) is 10.8. The number of likely N-dealkylation sites (tertiary alicyclic amines) is 1. The van der Waals surface area contributed by atoms with Gasteiger partial charge < -0.3 is 15.4 Å². The van der Waals surface area contributed by atoms with Crippen molar-refractivity contribution in [2.75, 3.05) is 13.1 Å². The molecule has 2 aromatic rings. The fraction of sp³-hybridized carbons (Fsp3) is 0.368. The van der Waals surface area contributed by atoms with Crippen molar-refractivity contribution in [3.8, 4) is 11.6 Å². The molecule has 0 unspecified atom stereocenters. The molecule has 0 saturated carbocycles.